The lowest BCUT2D eigenvalue weighted by atomic mass is 10.2. The van der Waals surface area contributed by atoms with Crippen molar-refractivity contribution in [3.05, 3.63) is 42.5 Å². The number of hydrogen-bond acceptors (Lipinski definition) is 5. The number of hydrogen-bond donors (Lipinski definition) is 1. The molecule has 1 aliphatic heterocycles. The third kappa shape index (κ3) is 4.19. The second-order valence-electron chi connectivity index (χ2n) is 6.10. The Morgan fingerprint density at radius 2 is 2.19 bits per heavy atom. The summed E-state index contributed by atoms with van der Waals surface area (Å²) in [6.45, 7) is 6.45. The summed E-state index contributed by atoms with van der Waals surface area (Å²) in [5, 5.41) is 2.83. The van der Waals surface area contributed by atoms with Gasteiger partial charge in [-0.05, 0) is 26.0 Å². The van der Waals surface area contributed by atoms with Crippen LogP contribution in [0.15, 0.2) is 36.7 Å². The van der Waals surface area contributed by atoms with E-state index in [4.69, 9.17) is 4.74 Å². The number of nitrogens with one attached hydrogen (secondary N) is 1. The number of rotatable bonds is 4. The van der Waals surface area contributed by atoms with Crippen LogP contribution in [0.4, 0.5) is 15.0 Å². The topological polar surface area (TPSA) is 70.6 Å². The smallest absolute Gasteiger partial charge is 0.317 e. The van der Waals surface area contributed by atoms with Crippen molar-refractivity contribution in [3.8, 4) is 11.6 Å². The van der Waals surface area contributed by atoms with Gasteiger partial charge in [0.05, 0.1) is 0 Å². The molecule has 8 heteroatoms. The van der Waals surface area contributed by atoms with E-state index in [0.29, 0.717) is 43.6 Å². The van der Waals surface area contributed by atoms with Crippen LogP contribution < -0.4 is 15.0 Å². The van der Waals surface area contributed by atoms with Crippen LogP contribution in [-0.2, 0) is 0 Å². The van der Waals surface area contributed by atoms with Gasteiger partial charge < -0.3 is 19.9 Å². The average Bonchev–Trinajstić information content (AvgIpc) is 2.62. The van der Waals surface area contributed by atoms with Crippen LogP contribution in [0.3, 0.4) is 0 Å². The Balaban J connectivity index is 1.68. The third-order valence-electron chi connectivity index (χ3n) is 4.19. The number of nitrogens with zero attached hydrogens (tertiary/aromatic N) is 4. The Hall–Kier alpha value is -2.90. The molecule has 138 valence electrons. The quantitative estimate of drug-likeness (QED) is 0.909. The maximum Gasteiger partial charge on any atom is 0.317 e. The maximum atomic E-state index is 13.3. The van der Waals surface area contributed by atoms with E-state index in [1.165, 1.54) is 18.5 Å². The molecule has 2 aromatic rings. The van der Waals surface area contributed by atoms with Gasteiger partial charge in [0.15, 0.2) is 0 Å². The van der Waals surface area contributed by atoms with E-state index in [-0.39, 0.29) is 17.9 Å². The molecule has 1 aromatic heterocycles. The summed E-state index contributed by atoms with van der Waals surface area (Å²) in [5.41, 5.74) is 0. The normalized spacial score (nSPS) is 17.1. The number of carbonyl (C=O) groups excluding carboxylic acids is 1. The number of amides is 2. The van der Waals surface area contributed by atoms with Gasteiger partial charge in [0, 0.05) is 44.4 Å². The van der Waals surface area contributed by atoms with Crippen molar-refractivity contribution in [1.29, 1.82) is 0 Å². The lowest BCUT2D eigenvalue weighted by Gasteiger charge is -2.40. The van der Waals surface area contributed by atoms with Gasteiger partial charge in [-0.3, -0.25) is 0 Å². The minimum Gasteiger partial charge on any atom is -0.439 e. The van der Waals surface area contributed by atoms with Crippen molar-refractivity contribution < 1.29 is 13.9 Å². The van der Waals surface area contributed by atoms with E-state index in [1.54, 1.807) is 18.2 Å². The first-order valence-corrected chi connectivity index (χ1v) is 8.61. The van der Waals surface area contributed by atoms with Crippen molar-refractivity contribution in [2.75, 3.05) is 31.1 Å². The summed E-state index contributed by atoms with van der Waals surface area (Å²) in [7, 11) is 0. The van der Waals surface area contributed by atoms with Crippen LogP contribution in [0.1, 0.15) is 13.8 Å². The summed E-state index contributed by atoms with van der Waals surface area (Å²) >= 11 is 0. The number of aromatic nitrogens is 2. The first kappa shape index (κ1) is 17.9. The van der Waals surface area contributed by atoms with Crippen LogP contribution in [0.2, 0.25) is 0 Å². The third-order valence-corrected chi connectivity index (χ3v) is 4.19. The number of anilines is 1. The zero-order chi connectivity index (χ0) is 18.5. The van der Waals surface area contributed by atoms with E-state index in [1.807, 2.05) is 18.7 Å². The van der Waals surface area contributed by atoms with Crippen LogP contribution >= 0.6 is 0 Å². The number of carbonyl (C=O) groups is 1. The average molecular weight is 359 g/mol. The van der Waals surface area contributed by atoms with Gasteiger partial charge in [-0.2, -0.15) is 0 Å². The fraction of sp³-hybridized carbons (Fsp3) is 0.389. The molecule has 0 bridgehead atoms. The lowest BCUT2D eigenvalue weighted by Crippen LogP contribution is -2.56. The summed E-state index contributed by atoms with van der Waals surface area (Å²) < 4.78 is 18.9. The van der Waals surface area contributed by atoms with Crippen LogP contribution in [0.25, 0.3) is 0 Å². The van der Waals surface area contributed by atoms with Gasteiger partial charge in [0.1, 0.15) is 23.7 Å². The lowest BCUT2D eigenvalue weighted by molar-refractivity contribution is 0.172. The zero-order valence-electron chi connectivity index (χ0n) is 14.9. The predicted octanol–water partition coefficient (Wildman–Crippen LogP) is 2.65. The molecule has 1 saturated heterocycles. The molecule has 1 atom stereocenters. The molecule has 1 fully saturated rings. The number of ether oxygens (including phenoxy) is 1. The van der Waals surface area contributed by atoms with E-state index >= 15 is 0 Å². The SMILES string of the molecule is CCNC(=O)N1CCN(c2cc(Oc3cccc(F)c3)ncn2)CC1C. The Kier molecular flexibility index (Phi) is 5.50. The van der Waals surface area contributed by atoms with Crippen LogP contribution in [0.5, 0.6) is 11.6 Å². The highest BCUT2D eigenvalue weighted by molar-refractivity contribution is 5.74. The molecule has 1 aliphatic rings. The van der Waals surface area contributed by atoms with E-state index in [0.717, 1.165) is 0 Å². The summed E-state index contributed by atoms with van der Waals surface area (Å²) in [4.78, 5) is 24.4. The molecule has 0 aliphatic carbocycles. The second-order valence-corrected chi connectivity index (χ2v) is 6.10. The molecule has 3 rings (SSSR count). The number of halogens is 1. The van der Waals surface area contributed by atoms with Crippen molar-refractivity contribution >= 4 is 11.8 Å². The highest BCUT2D eigenvalue weighted by Crippen LogP contribution is 2.24. The van der Waals surface area contributed by atoms with E-state index in [2.05, 4.69) is 20.2 Å². The van der Waals surface area contributed by atoms with E-state index < -0.39 is 0 Å². The minimum atomic E-state index is -0.368. The van der Waals surface area contributed by atoms with Crippen LogP contribution in [-0.4, -0.2) is 53.1 Å². The Labute approximate surface area is 151 Å². The summed E-state index contributed by atoms with van der Waals surface area (Å²) in [6.07, 6.45) is 1.42. The summed E-state index contributed by atoms with van der Waals surface area (Å²) in [6, 6.07) is 7.63. The molecule has 0 radical (unpaired) electrons. The van der Waals surface area contributed by atoms with Crippen molar-refractivity contribution in [2.24, 2.45) is 0 Å². The van der Waals surface area contributed by atoms with E-state index in [9.17, 15) is 9.18 Å². The number of benzene rings is 1. The molecule has 1 N–H and O–H groups in total. The fourth-order valence-electron chi connectivity index (χ4n) is 2.93. The first-order valence-electron chi connectivity index (χ1n) is 8.61. The molecule has 0 spiro atoms. The van der Waals surface area contributed by atoms with Gasteiger partial charge in [-0.25, -0.2) is 19.2 Å². The minimum absolute atomic E-state index is 0.0440. The molecule has 1 unspecified atom stereocenters. The molecular formula is C18H22FN5O2. The van der Waals surface area contributed by atoms with Gasteiger partial charge >= 0.3 is 6.03 Å². The maximum absolute atomic E-state index is 13.3. The highest BCUT2D eigenvalue weighted by atomic mass is 19.1. The van der Waals surface area contributed by atoms with Gasteiger partial charge in [0.2, 0.25) is 5.88 Å². The Morgan fingerprint density at radius 1 is 1.35 bits per heavy atom. The standard InChI is InChI=1S/C18H22FN5O2/c1-3-20-18(25)24-8-7-23(11-13(24)2)16-10-17(22-12-21-16)26-15-6-4-5-14(19)9-15/h4-6,9-10,12-13H,3,7-8,11H2,1-2H3,(H,20,25). The van der Waals surface area contributed by atoms with Crippen LogP contribution in [0, 0.1) is 5.82 Å². The Bertz CT molecular complexity index is 773. The van der Waals surface area contributed by atoms with Crippen molar-refractivity contribution in [1.82, 2.24) is 20.2 Å². The molecule has 7 nitrogen and oxygen atoms in total. The Morgan fingerprint density at radius 3 is 2.92 bits per heavy atom. The predicted molar refractivity (Wildman–Crippen MR) is 96.0 cm³/mol. The van der Waals surface area contributed by atoms with Crippen molar-refractivity contribution in [3.63, 3.8) is 0 Å². The molecule has 2 amide bonds. The van der Waals surface area contributed by atoms with Gasteiger partial charge in [-0.15, -0.1) is 0 Å². The molecule has 26 heavy (non-hydrogen) atoms. The number of piperazine rings is 1. The number of urea groups is 1. The molecule has 1 aromatic carbocycles. The molecular weight excluding hydrogens is 337 g/mol. The van der Waals surface area contributed by atoms with Gasteiger partial charge in [0.25, 0.3) is 0 Å². The summed E-state index contributed by atoms with van der Waals surface area (Å²) in [5.74, 6) is 1.07. The molecule has 0 saturated carbocycles. The monoisotopic (exact) mass is 359 g/mol. The van der Waals surface area contributed by atoms with Gasteiger partial charge in [-0.1, -0.05) is 6.07 Å². The zero-order valence-corrected chi connectivity index (χ0v) is 14.9. The second kappa shape index (κ2) is 7.99. The largest absolute Gasteiger partial charge is 0.439 e. The molecule has 2 heterocycles. The fourth-order valence-corrected chi connectivity index (χ4v) is 2.93. The highest BCUT2D eigenvalue weighted by Gasteiger charge is 2.28. The van der Waals surface area contributed by atoms with Crippen molar-refractivity contribution in [2.45, 2.75) is 19.9 Å². The first-order chi connectivity index (χ1) is 12.6.